The molecule has 8 heteroatoms. The van der Waals surface area contributed by atoms with Crippen molar-refractivity contribution in [2.24, 2.45) is 0 Å². The van der Waals surface area contributed by atoms with E-state index in [1.54, 1.807) is 48.4 Å². The van der Waals surface area contributed by atoms with E-state index < -0.39 is 5.56 Å². The number of ether oxygens (including phenoxy) is 1. The highest BCUT2D eigenvalue weighted by Crippen LogP contribution is 2.24. The highest BCUT2D eigenvalue weighted by Gasteiger charge is 2.24. The van der Waals surface area contributed by atoms with Gasteiger partial charge in [-0.3, -0.25) is 14.6 Å². The molecule has 156 valence electrons. The topological polar surface area (TPSA) is 102 Å². The number of amides is 1. The van der Waals surface area contributed by atoms with Gasteiger partial charge in [0.2, 0.25) is 5.95 Å². The first-order chi connectivity index (χ1) is 15.1. The number of nitrogens with one attached hydrogen (secondary N) is 1. The maximum absolute atomic E-state index is 12.7. The van der Waals surface area contributed by atoms with Crippen LogP contribution in [0.3, 0.4) is 0 Å². The molecule has 1 aromatic heterocycles. The molecule has 8 nitrogen and oxygen atoms in total. The molecule has 0 aliphatic carbocycles. The minimum Gasteiger partial charge on any atom is -0.497 e. The van der Waals surface area contributed by atoms with Crippen molar-refractivity contribution in [1.82, 2.24) is 14.9 Å². The second-order valence-corrected chi connectivity index (χ2v) is 7.10. The van der Waals surface area contributed by atoms with Crippen molar-refractivity contribution in [3.63, 3.8) is 0 Å². The van der Waals surface area contributed by atoms with Crippen molar-refractivity contribution >= 4 is 11.9 Å². The van der Waals surface area contributed by atoms with E-state index in [9.17, 15) is 14.9 Å². The van der Waals surface area contributed by atoms with Crippen LogP contribution >= 0.6 is 0 Å². The van der Waals surface area contributed by atoms with Crippen molar-refractivity contribution in [1.29, 1.82) is 5.26 Å². The highest BCUT2D eigenvalue weighted by molar-refractivity contribution is 5.94. The fourth-order valence-electron chi connectivity index (χ4n) is 3.56. The smallest absolute Gasteiger partial charge is 0.270 e. The molecule has 2 aromatic carbocycles. The van der Waals surface area contributed by atoms with Crippen molar-refractivity contribution < 1.29 is 9.53 Å². The third-order valence-corrected chi connectivity index (χ3v) is 5.27. The summed E-state index contributed by atoms with van der Waals surface area (Å²) in [5.41, 5.74) is 1.12. The predicted octanol–water partition coefficient (Wildman–Crippen LogP) is 2.28. The zero-order valence-electron chi connectivity index (χ0n) is 17.0. The number of H-pyrrole nitrogens is 1. The Morgan fingerprint density at radius 3 is 2.35 bits per heavy atom. The number of benzene rings is 2. The van der Waals surface area contributed by atoms with E-state index in [0.29, 0.717) is 54.7 Å². The lowest BCUT2D eigenvalue weighted by molar-refractivity contribution is 0.0746. The zero-order valence-corrected chi connectivity index (χ0v) is 17.0. The molecule has 0 unspecified atom stereocenters. The summed E-state index contributed by atoms with van der Waals surface area (Å²) < 4.78 is 5.17. The Labute approximate surface area is 179 Å². The van der Waals surface area contributed by atoms with Gasteiger partial charge >= 0.3 is 0 Å². The van der Waals surface area contributed by atoms with Crippen LogP contribution in [0.25, 0.3) is 11.3 Å². The Morgan fingerprint density at radius 2 is 1.74 bits per heavy atom. The highest BCUT2D eigenvalue weighted by atomic mass is 16.5. The molecule has 0 atom stereocenters. The maximum Gasteiger partial charge on any atom is 0.270 e. The third-order valence-electron chi connectivity index (χ3n) is 5.27. The Balaban J connectivity index is 1.56. The first kappa shape index (κ1) is 20.2. The number of aromatic nitrogens is 2. The van der Waals surface area contributed by atoms with Gasteiger partial charge in [-0.2, -0.15) is 5.26 Å². The number of carbonyl (C=O) groups is 1. The van der Waals surface area contributed by atoms with Crippen LogP contribution < -0.4 is 15.2 Å². The summed E-state index contributed by atoms with van der Waals surface area (Å²) >= 11 is 0. The van der Waals surface area contributed by atoms with Gasteiger partial charge in [-0.05, 0) is 36.4 Å². The van der Waals surface area contributed by atoms with Gasteiger partial charge < -0.3 is 14.5 Å². The van der Waals surface area contributed by atoms with E-state index in [2.05, 4.69) is 9.97 Å². The summed E-state index contributed by atoms with van der Waals surface area (Å²) in [5, 5.41) is 9.47. The zero-order chi connectivity index (χ0) is 21.8. The Morgan fingerprint density at radius 1 is 1.06 bits per heavy atom. The number of carbonyl (C=O) groups excluding carboxylic acids is 1. The molecular weight excluding hydrogens is 394 g/mol. The molecule has 1 saturated heterocycles. The molecule has 0 radical (unpaired) electrons. The molecule has 1 N–H and O–H groups in total. The normalized spacial score (nSPS) is 13.5. The molecule has 4 rings (SSSR count). The molecule has 3 aromatic rings. The van der Waals surface area contributed by atoms with Gasteiger partial charge in [-0.1, -0.05) is 18.2 Å². The van der Waals surface area contributed by atoms with Crippen LogP contribution in [0.1, 0.15) is 15.9 Å². The third kappa shape index (κ3) is 4.12. The molecule has 31 heavy (non-hydrogen) atoms. The summed E-state index contributed by atoms with van der Waals surface area (Å²) in [4.78, 5) is 36.2. The molecule has 2 heterocycles. The lowest BCUT2D eigenvalue weighted by atomic mass is 10.1. The van der Waals surface area contributed by atoms with Crippen molar-refractivity contribution in [2.45, 2.75) is 0 Å². The average Bonchev–Trinajstić information content (AvgIpc) is 2.84. The minimum atomic E-state index is -0.485. The lowest BCUT2D eigenvalue weighted by Crippen LogP contribution is -2.49. The van der Waals surface area contributed by atoms with Gasteiger partial charge in [-0.25, -0.2) is 4.98 Å². The van der Waals surface area contributed by atoms with Gasteiger partial charge in [0.15, 0.2) is 0 Å². The number of hydrogen-bond acceptors (Lipinski definition) is 6. The van der Waals surface area contributed by atoms with Gasteiger partial charge in [0.1, 0.15) is 17.4 Å². The van der Waals surface area contributed by atoms with Crippen LogP contribution in [0.5, 0.6) is 5.75 Å². The summed E-state index contributed by atoms with van der Waals surface area (Å²) in [7, 11) is 1.57. The van der Waals surface area contributed by atoms with Crippen molar-refractivity contribution in [2.75, 3.05) is 38.2 Å². The molecule has 0 spiro atoms. The van der Waals surface area contributed by atoms with E-state index >= 15 is 0 Å². The monoisotopic (exact) mass is 415 g/mol. The second-order valence-electron chi connectivity index (χ2n) is 7.10. The van der Waals surface area contributed by atoms with E-state index in [1.807, 2.05) is 29.2 Å². The van der Waals surface area contributed by atoms with Gasteiger partial charge in [0.25, 0.3) is 11.5 Å². The van der Waals surface area contributed by atoms with Gasteiger partial charge in [0, 0.05) is 37.3 Å². The molecular formula is C23H21N5O3. The van der Waals surface area contributed by atoms with E-state index in [-0.39, 0.29) is 11.5 Å². The first-order valence-corrected chi connectivity index (χ1v) is 9.89. The van der Waals surface area contributed by atoms with Crippen LogP contribution in [0.15, 0.2) is 59.4 Å². The summed E-state index contributed by atoms with van der Waals surface area (Å²) in [6.07, 6.45) is 0. The first-order valence-electron chi connectivity index (χ1n) is 9.89. The average molecular weight is 415 g/mol. The summed E-state index contributed by atoms with van der Waals surface area (Å²) in [6, 6.07) is 18.2. The van der Waals surface area contributed by atoms with Crippen LogP contribution in [-0.2, 0) is 0 Å². The molecule has 0 bridgehead atoms. The number of methoxy groups -OCH3 is 1. The number of hydrogen-bond donors (Lipinski definition) is 1. The SMILES string of the molecule is COc1ccc(-c2nc(N3CCN(C(=O)c4ccccc4)CC3)[nH]c(=O)c2C#N)cc1. The second kappa shape index (κ2) is 8.71. The van der Waals surface area contributed by atoms with E-state index in [1.165, 1.54) is 0 Å². The van der Waals surface area contributed by atoms with Crippen LogP contribution in [0.2, 0.25) is 0 Å². The molecule has 1 amide bonds. The standard InChI is InChI=1S/C23H21N5O3/c1-31-18-9-7-16(8-10-18)20-19(15-24)21(29)26-23(25-20)28-13-11-27(12-14-28)22(30)17-5-3-2-4-6-17/h2-10H,11-14H2,1H3,(H,25,26,29). The number of nitriles is 1. The van der Waals surface area contributed by atoms with Crippen LogP contribution in [-0.4, -0.2) is 54.1 Å². The maximum atomic E-state index is 12.7. The molecule has 1 aliphatic rings. The minimum absolute atomic E-state index is 0.0135. The Hall–Kier alpha value is -4.12. The summed E-state index contributed by atoms with van der Waals surface area (Å²) in [5.74, 6) is 1.05. The molecule has 1 fully saturated rings. The quantitative estimate of drug-likeness (QED) is 0.701. The molecule has 1 aliphatic heterocycles. The van der Waals surface area contributed by atoms with Crippen LogP contribution in [0.4, 0.5) is 5.95 Å². The largest absolute Gasteiger partial charge is 0.497 e. The number of rotatable bonds is 4. The van der Waals surface area contributed by atoms with Gasteiger partial charge in [0.05, 0.1) is 12.8 Å². The lowest BCUT2D eigenvalue weighted by Gasteiger charge is -2.35. The fourth-order valence-corrected chi connectivity index (χ4v) is 3.56. The van der Waals surface area contributed by atoms with Crippen LogP contribution in [0, 0.1) is 11.3 Å². The fraction of sp³-hybridized carbons (Fsp3) is 0.217. The summed E-state index contributed by atoms with van der Waals surface area (Å²) in [6.45, 7) is 2.07. The number of nitrogens with zero attached hydrogens (tertiary/aromatic N) is 4. The Kier molecular flexibility index (Phi) is 5.67. The van der Waals surface area contributed by atoms with Crippen molar-refractivity contribution in [3.05, 3.63) is 76.1 Å². The number of aromatic amines is 1. The predicted molar refractivity (Wildman–Crippen MR) is 116 cm³/mol. The van der Waals surface area contributed by atoms with Gasteiger partial charge in [-0.15, -0.1) is 0 Å². The number of anilines is 1. The molecule has 0 saturated carbocycles. The van der Waals surface area contributed by atoms with E-state index in [4.69, 9.17) is 4.74 Å². The Bertz CT molecular complexity index is 1170. The van der Waals surface area contributed by atoms with Crippen molar-refractivity contribution in [3.8, 4) is 23.1 Å². The van der Waals surface area contributed by atoms with E-state index in [0.717, 1.165) is 0 Å². The number of piperazine rings is 1.